The zero-order chi connectivity index (χ0) is 29.2. The molecule has 8 heteroatoms. The van der Waals surface area contributed by atoms with Gasteiger partial charge < -0.3 is 31.7 Å². The standard InChI is InChI=1S/C24H30N2O2S.C4H9N.CH5N.CH3N/c1-4-6-21-17-20(19-8-11-22(12-9-19)29-26-3)10-13-24(21)28-16-14-23(27)18(2)7-5-15-25;1-3-4-5-2;2*1-2/h5,7-13,15,17,23,25-27H,2,4,6,14,16H2,1,3H3;3,5H,1,4H2,2H3;2H2,1H3;2H,1H2/b7-5-,25-15?;;;. The van der Waals surface area contributed by atoms with Gasteiger partial charge in [0.2, 0.25) is 0 Å². The minimum absolute atomic E-state index is 0.407. The van der Waals surface area contributed by atoms with Gasteiger partial charge in [-0.3, -0.25) is 4.72 Å². The maximum atomic E-state index is 10.1. The summed E-state index contributed by atoms with van der Waals surface area (Å²) in [6.07, 6.45) is 7.94. The summed E-state index contributed by atoms with van der Waals surface area (Å²) in [5.41, 5.74) is 8.61. The molecular weight excluding hydrogens is 494 g/mol. The number of nitrogens with two attached hydrogens (primary N) is 1. The molecule has 0 aromatic heterocycles. The number of aryl methyl sites for hydroxylation is 1. The van der Waals surface area contributed by atoms with Crippen LogP contribution in [0.3, 0.4) is 0 Å². The molecule has 0 bridgehead atoms. The van der Waals surface area contributed by atoms with Crippen LogP contribution < -0.4 is 20.5 Å². The molecule has 1 unspecified atom stereocenters. The zero-order valence-electron chi connectivity index (χ0n) is 23.4. The molecule has 1 atom stereocenters. The van der Waals surface area contributed by atoms with Crippen LogP contribution in [0.5, 0.6) is 5.75 Å². The van der Waals surface area contributed by atoms with Crippen molar-refractivity contribution < 1.29 is 9.84 Å². The highest BCUT2D eigenvalue weighted by Gasteiger charge is 2.10. The van der Waals surface area contributed by atoms with Crippen molar-refractivity contribution in [2.45, 2.75) is 37.2 Å². The Morgan fingerprint density at radius 3 is 2.26 bits per heavy atom. The van der Waals surface area contributed by atoms with Gasteiger partial charge in [0.05, 0.1) is 12.7 Å². The fraction of sp³-hybridized carbons (Fsp3) is 0.333. The van der Waals surface area contributed by atoms with E-state index in [2.05, 4.69) is 79.0 Å². The summed E-state index contributed by atoms with van der Waals surface area (Å²) in [7, 11) is 5.30. The molecule has 210 valence electrons. The summed E-state index contributed by atoms with van der Waals surface area (Å²) >= 11 is 1.60. The number of aliphatic hydroxyl groups is 1. The van der Waals surface area contributed by atoms with E-state index < -0.39 is 6.10 Å². The Bertz CT molecular complexity index is 933. The molecule has 0 saturated heterocycles. The van der Waals surface area contributed by atoms with Crippen molar-refractivity contribution in [3.8, 4) is 16.9 Å². The van der Waals surface area contributed by atoms with E-state index in [9.17, 15) is 5.11 Å². The number of allylic oxidation sites excluding steroid dienone is 1. The summed E-state index contributed by atoms with van der Waals surface area (Å²) < 4.78 is 9.06. The Morgan fingerprint density at radius 1 is 1.13 bits per heavy atom. The lowest BCUT2D eigenvalue weighted by Gasteiger charge is -2.15. The second kappa shape index (κ2) is 25.6. The fourth-order valence-corrected chi connectivity index (χ4v) is 3.60. The van der Waals surface area contributed by atoms with E-state index in [-0.39, 0.29) is 0 Å². The van der Waals surface area contributed by atoms with Crippen LogP contribution in [-0.2, 0) is 6.42 Å². The first-order valence-corrected chi connectivity index (χ1v) is 13.2. The molecule has 2 aromatic rings. The maximum Gasteiger partial charge on any atom is 0.122 e. The summed E-state index contributed by atoms with van der Waals surface area (Å²) in [5.74, 6) is 0.866. The Balaban J connectivity index is 0. The van der Waals surface area contributed by atoms with Crippen LogP contribution in [0.2, 0.25) is 0 Å². The third kappa shape index (κ3) is 16.0. The summed E-state index contributed by atoms with van der Waals surface area (Å²) in [5, 5.41) is 25.5. The number of hydrogen-bond donors (Lipinski definition) is 6. The van der Waals surface area contributed by atoms with Gasteiger partial charge >= 0.3 is 0 Å². The zero-order valence-corrected chi connectivity index (χ0v) is 24.2. The molecule has 7 N–H and O–H groups in total. The van der Waals surface area contributed by atoms with Crippen molar-refractivity contribution in [3.63, 3.8) is 0 Å². The second-order valence-electron chi connectivity index (χ2n) is 7.50. The van der Waals surface area contributed by atoms with E-state index in [4.69, 9.17) is 15.6 Å². The Labute approximate surface area is 234 Å². The lowest BCUT2D eigenvalue weighted by molar-refractivity contribution is 0.171. The monoisotopic (exact) mass is 541 g/mol. The van der Waals surface area contributed by atoms with Gasteiger partial charge in [0.25, 0.3) is 0 Å². The van der Waals surface area contributed by atoms with Crippen molar-refractivity contribution in [2.24, 2.45) is 5.73 Å². The number of benzene rings is 2. The van der Waals surface area contributed by atoms with Crippen LogP contribution in [0.15, 0.2) is 84.3 Å². The first-order valence-electron chi connectivity index (χ1n) is 12.4. The molecule has 2 rings (SSSR count). The molecule has 0 heterocycles. The predicted molar refractivity (Wildman–Crippen MR) is 168 cm³/mol. The van der Waals surface area contributed by atoms with Crippen molar-refractivity contribution >= 4 is 24.9 Å². The minimum atomic E-state index is -0.672. The molecule has 0 saturated carbocycles. The molecule has 0 aliphatic rings. The maximum absolute atomic E-state index is 10.1. The van der Waals surface area contributed by atoms with E-state index in [0.29, 0.717) is 18.6 Å². The molecule has 0 radical (unpaired) electrons. The number of aliphatic hydroxyl groups excluding tert-OH is 1. The van der Waals surface area contributed by atoms with Crippen LogP contribution in [0.4, 0.5) is 0 Å². The van der Waals surface area contributed by atoms with E-state index in [1.807, 2.05) is 26.2 Å². The predicted octanol–water partition coefficient (Wildman–Crippen LogP) is 5.66. The molecule has 2 aromatic carbocycles. The van der Waals surface area contributed by atoms with Crippen molar-refractivity contribution in [1.29, 1.82) is 10.8 Å². The molecule has 0 spiro atoms. The lowest BCUT2D eigenvalue weighted by Crippen LogP contribution is -2.13. The summed E-state index contributed by atoms with van der Waals surface area (Å²) in [6.45, 7) is 13.3. The van der Waals surface area contributed by atoms with Crippen molar-refractivity contribution in [1.82, 2.24) is 10.0 Å². The van der Waals surface area contributed by atoms with Gasteiger partial charge in [-0.05, 0) is 98.8 Å². The number of ether oxygens (including phenoxy) is 1. The second-order valence-corrected chi connectivity index (χ2v) is 8.59. The minimum Gasteiger partial charge on any atom is -0.493 e. The van der Waals surface area contributed by atoms with E-state index in [0.717, 1.165) is 25.1 Å². The van der Waals surface area contributed by atoms with E-state index in [1.54, 1.807) is 24.1 Å². The van der Waals surface area contributed by atoms with E-state index >= 15 is 0 Å². The van der Waals surface area contributed by atoms with E-state index in [1.165, 1.54) is 34.8 Å². The van der Waals surface area contributed by atoms with Gasteiger partial charge in [-0.1, -0.05) is 50.3 Å². The summed E-state index contributed by atoms with van der Waals surface area (Å²) in [4.78, 5) is 1.18. The smallest absolute Gasteiger partial charge is 0.122 e. The normalized spacial score (nSPS) is 10.5. The quantitative estimate of drug-likeness (QED) is 0.0793. The van der Waals surface area contributed by atoms with Gasteiger partial charge in [0, 0.05) is 24.1 Å². The third-order valence-electron chi connectivity index (χ3n) is 4.82. The van der Waals surface area contributed by atoms with Crippen LogP contribution in [0, 0.1) is 10.8 Å². The molecule has 0 aliphatic heterocycles. The largest absolute Gasteiger partial charge is 0.493 e. The SMILES string of the molecule is C=C(/C=C\C=N)C(O)CCOc1ccc(-c2ccc(SNC)cc2)cc1CCC.C=CCNC.C=N.CN. The van der Waals surface area contributed by atoms with Crippen LogP contribution in [0.1, 0.15) is 25.3 Å². The highest BCUT2D eigenvalue weighted by atomic mass is 32.2. The van der Waals surface area contributed by atoms with Gasteiger partial charge in [-0.2, -0.15) is 0 Å². The van der Waals surface area contributed by atoms with Crippen molar-refractivity contribution in [2.75, 3.05) is 34.3 Å². The number of nitrogens with one attached hydrogen (secondary N) is 4. The number of likely N-dealkylation sites (N-methyl/N-ethyl adjacent to an activating group) is 1. The highest BCUT2D eigenvalue weighted by molar-refractivity contribution is 7.97. The Morgan fingerprint density at radius 2 is 1.76 bits per heavy atom. The average Bonchev–Trinajstić information content (AvgIpc) is 2.96. The Kier molecular flexibility index (Phi) is 25.1. The summed E-state index contributed by atoms with van der Waals surface area (Å²) in [6, 6.07) is 14.8. The van der Waals surface area contributed by atoms with Gasteiger partial charge in [-0.15, -0.1) is 6.58 Å². The lowest BCUT2D eigenvalue weighted by atomic mass is 10.0. The number of rotatable bonds is 14. The molecule has 0 fully saturated rings. The first-order chi connectivity index (χ1) is 18.5. The Hall–Kier alpha value is -3.01. The molecule has 7 nitrogen and oxygen atoms in total. The molecular formula is C30H47N5O2S. The van der Waals surface area contributed by atoms with Gasteiger partial charge in [0.1, 0.15) is 5.75 Å². The number of hydrogen-bond acceptors (Lipinski definition) is 8. The molecule has 0 aliphatic carbocycles. The van der Waals surface area contributed by atoms with Crippen LogP contribution in [-0.4, -0.2) is 58.4 Å². The van der Waals surface area contributed by atoms with Gasteiger partial charge in [0.15, 0.2) is 0 Å². The highest BCUT2D eigenvalue weighted by Crippen LogP contribution is 2.29. The first kappa shape index (κ1) is 37.1. The third-order valence-corrected chi connectivity index (χ3v) is 5.53. The fourth-order valence-electron chi connectivity index (χ4n) is 3.09. The van der Waals surface area contributed by atoms with Crippen LogP contribution in [0.25, 0.3) is 11.1 Å². The topological polar surface area (TPSA) is 127 Å². The average molecular weight is 542 g/mol. The molecule has 0 amide bonds. The van der Waals surface area contributed by atoms with Crippen LogP contribution >= 0.6 is 11.9 Å². The van der Waals surface area contributed by atoms with Crippen molar-refractivity contribution in [3.05, 3.63) is 85.0 Å². The molecule has 38 heavy (non-hydrogen) atoms. The van der Waals surface area contributed by atoms with Gasteiger partial charge in [-0.25, -0.2) is 0 Å².